The molecule has 0 saturated carbocycles. The summed E-state index contributed by atoms with van der Waals surface area (Å²) in [5.41, 5.74) is 7.57. The number of anilines is 2. The van der Waals surface area contributed by atoms with Crippen LogP contribution < -0.4 is 26.0 Å². The Labute approximate surface area is 100 Å². The van der Waals surface area contributed by atoms with Gasteiger partial charge >= 0.3 is 0 Å². The first-order chi connectivity index (χ1) is 8.24. The zero-order chi connectivity index (χ0) is 11.8. The smallest absolute Gasteiger partial charge is 0.163 e. The van der Waals surface area contributed by atoms with Crippen LogP contribution in [0.15, 0.2) is 29.8 Å². The fourth-order valence-electron chi connectivity index (χ4n) is 2.15. The van der Waals surface area contributed by atoms with Crippen molar-refractivity contribution in [3.63, 3.8) is 0 Å². The second kappa shape index (κ2) is 3.76. The molecule has 0 bridgehead atoms. The second-order valence-electron chi connectivity index (χ2n) is 4.34. The minimum atomic E-state index is 0.742. The first-order valence-electron chi connectivity index (χ1n) is 5.73. The minimum Gasteiger partial charge on any atom is -0.454 e. The Morgan fingerprint density at radius 2 is 2.06 bits per heavy atom. The van der Waals surface area contributed by atoms with Crippen LogP contribution in [0, 0.1) is 0 Å². The van der Waals surface area contributed by atoms with Gasteiger partial charge in [-0.3, -0.25) is 0 Å². The van der Waals surface area contributed by atoms with Gasteiger partial charge in [0.2, 0.25) is 0 Å². The van der Waals surface area contributed by atoms with Crippen LogP contribution in [0.2, 0.25) is 0 Å². The van der Waals surface area contributed by atoms with E-state index in [1.165, 1.54) is 0 Å². The highest BCUT2D eigenvalue weighted by molar-refractivity contribution is 5.67. The molecule has 0 aliphatic carbocycles. The third-order valence-electron chi connectivity index (χ3n) is 3.02. The first-order valence-corrected chi connectivity index (χ1v) is 5.73. The van der Waals surface area contributed by atoms with Crippen LogP contribution in [0.3, 0.4) is 0 Å². The van der Waals surface area contributed by atoms with E-state index in [1.807, 2.05) is 25.2 Å². The van der Waals surface area contributed by atoms with Gasteiger partial charge in [-0.1, -0.05) is 0 Å². The maximum atomic E-state index is 5.90. The number of hydrogen-bond acceptors (Lipinski definition) is 5. The molecule has 0 radical (unpaired) electrons. The summed E-state index contributed by atoms with van der Waals surface area (Å²) in [6.07, 6.45) is 0. The summed E-state index contributed by atoms with van der Waals surface area (Å²) in [4.78, 5) is 2.14. The van der Waals surface area contributed by atoms with Crippen molar-refractivity contribution in [3.05, 3.63) is 29.8 Å². The minimum absolute atomic E-state index is 0.742. The maximum Gasteiger partial charge on any atom is 0.163 e. The Kier molecular flexibility index (Phi) is 2.24. The molecule has 1 aromatic carbocycles. The van der Waals surface area contributed by atoms with E-state index in [1.54, 1.807) is 0 Å². The van der Waals surface area contributed by atoms with E-state index in [2.05, 4.69) is 15.5 Å². The normalized spacial score (nSPS) is 18.3. The van der Waals surface area contributed by atoms with Crippen LogP contribution in [0.1, 0.15) is 0 Å². The number of nitrogens with zero attached hydrogens (tertiary/aromatic N) is 1. The summed E-state index contributed by atoms with van der Waals surface area (Å²) in [5, 5.41) is 6.56. The lowest BCUT2D eigenvalue weighted by atomic mass is 10.2. The molecule has 0 spiro atoms. The maximum absolute atomic E-state index is 5.90. The van der Waals surface area contributed by atoms with Crippen LogP contribution in [0.25, 0.3) is 0 Å². The molecule has 0 amide bonds. The largest absolute Gasteiger partial charge is 0.454 e. The zero-order valence-corrected chi connectivity index (χ0v) is 9.79. The topological polar surface area (TPSA) is 62.5 Å². The van der Waals surface area contributed by atoms with Crippen LogP contribution in [-0.2, 0) is 0 Å². The van der Waals surface area contributed by atoms with Gasteiger partial charge in [0.1, 0.15) is 5.82 Å². The molecular formula is C12H16N4O. The van der Waals surface area contributed by atoms with Gasteiger partial charge in [0.05, 0.1) is 12.2 Å². The molecule has 1 aromatic rings. The zero-order valence-electron chi connectivity index (χ0n) is 9.79. The Morgan fingerprint density at radius 3 is 2.82 bits per heavy atom. The number of nitrogens with one attached hydrogen (secondary N) is 2. The molecule has 1 saturated heterocycles. The summed E-state index contributed by atoms with van der Waals surface area (Å²) in [6, 6.07) is 5.71. The molecule has 0 atom stereocenters. The summed E-state index contributed by atoms with van der Waals surface area (Å²) in [7, 11) is 2.04. The molecule has 5 heteroatoms. The highest BCUT2D eigenvalue weighted by Gasteiger charge is 2.23. The van der Waals surface area contributed by atoms with Crippen molar-refractivity contribution in [1.29, 1.82) is 0 Å². The fourth-order valence-corrected chi connectivity index (χ4v) is 2.15. The van der Waals surface area contributed by atoms with E-state index >= 15 is 0 Å². The number of hydrogen-bond donors (Lipinski definition) is 3. The predicted molar refractivity (Wildman–Crippen MR) is 67.8 cm³/mol. The average molecular weight is 232 g/mol. The molecule has 2 heterocycles. The third-order valence-corrected chi connectivity index (χ3v) is 3.02. The van der Waals surface area contributed by atoms with Crippen molar-refractivity contribution in [2.45, 2.75) is 0 Å². The van der Waals surface area contributed by atoms with Crippen molar-refractivity contribution in [2.75, 3.05) is 37.3 Å². The lowest BCUT2D eigenvalue weighted by Crippen LogP contribution is -2.31. The molecule has 90 valence electrons. The quantitative estimate of drug-likeness (QED) is 0.567. The van der Waals surface area contributed by atoms with Gasteiger partial charge in [-0.15, -0.1) is 0 Å². The third kappa shape index (κ3) is 1.73. The number of fused-ring (bicyclic) bond motifs is 1. The molecule has 0 aromatic heterocycles. The highest BCUT2D eigenvalue weighted by Crippen LogP contribution is 2.35. The van der Waals surface area contributed by atoms with Crippen molar-refractivity contribution in [2.24, 2.45) is 0 Å². The van der Waals surface area contributed by atoms with Gasteiger partial charge in [0.15, 0.2) is 11.5 Å². The van der Waals surface area contributed by atoms with Gasteiger partial charge in [-0.25, -0.2) is 0 Å². The molecule has 3 rings (SSSR count). The predicted octanol–water partition coefficient (Wildman–Crippen LogP) is 0.459. The average Bonchev–Trinajstić information content (AvgIpc) is 2.83. The molecule has 0 unspecified atom stereocenters. The Hall–Kier alpha value is -2.04. The molecular weight excluding hydrogens is 216 g/mol. The summed E-state index contributed by atoms with van der Waals surface area (Å²) < 4.78 is 5.90. The number of rotatable bonds is 0. The van der Waals surface area contributed by atoms with Crippen molar-refractivity contribution < 1.29 is 4.74 Å². The van der Waals surface area contributed by atoms with Gasteiger partial charge < -0.3 is 26.0 Å². The van der Waals surface area contributed by atoms with E-state index in [-0.39, 0.29) is 0 Å². The molecule has 4 N–H and O–H groups in total. The monoisotopic (exact) mass is 232 g/mol. The first kappa shape index (κ1) is 10.1. The Bertz CT molecular complexity index is 475. The molecule has 5 nitrogen and oxygen atoms in total. The molecule has 2 aliphatic heterocycles. The van der Waals surface area contributed by atoms with E-state index in [0.29, 0.717) is 0 Å². The van der Waals surface area contributed by atoms with Crippen molar-refractivity contribution in [3.8, 4) is 5.75 Å². The molecule has 2 aliphatic rings. The van der Waals surface area contributed by atoms with Gasteiger partial charge in [0, 0.05) is 25.8 Å². The Morgan fingerprint density at radius 1 is 1.29 bits per heavy atom. The number of benzene rings is 1. The summed E-state index contributed by atoms with van der Waals surface area (Å²) in [6.45, 7) is 2.63. The molecule has 17 heavy (non-hydrogen) atoms. The van der Waals surface area contributed by atoms with E-state index in [4.69, 9.17) is 10.5 Å². The van der Waals surface area contributed by atoms with Gasteiger partial charge in [-0.2, -0.15) is 0 Å². The number of ether oxygens (including phenoxy) is 1. The fraction of sp³-hybridized carbons (Fsp3) is 0.333. The number of likely N-dealkylation sites (N-methyl/N-ethyl adjacent to an activating group) is 1. The van der Waals surface area contributed by atoms with Gasteiger partial charge in [0.25, 0.3) is 0 Å². The number of nitrogens with two attached hydrogens (primary N) is 1. The lowest BCUT2D eigenvalue weighted by Gasteiger charge is -2.30. The van der Waals surface area contributed by atoms with E-state index in [9.17, 15) is 0 Å². The van der Waals surface area contributed by atoms with Crippen LogP contribution >= 0.6 is 0 Å². The van der Waals surface area contributed by atoms with Gasteiger partial charge in [-0.05, 0) is 18.2 Å². The standard InChI is InChI=1S/C12H16N4O/c1-16-7-11(12-14-4-5-15-12)17-10-3-2-8(13)6-9(10)16/h2-3,6,14-15H,4-5,7,13H2,1H3. The van der Waals surface area contributed by atoms with E-state index in [0.717, 1.165) is 48.3 Å². The second-order valence-corrected chi connectivity index (χ2v) is 4.34. The Balaban J connectivity index is 1.98. The highest BCUT2D eigenvalue weighted by atomic mass is 16.5. The van der Waals surface area contributed by atoms with Crippen LogP contribution in [0.4, 0.5) is 11.4 Å². The van der Waals surface area contributed by atoms with Crippen molar-refractivity contribution in [1.82, 2.24) is 10.6 Å². The number of nitrogen functional groups attached to an aromatic ring is 1. The molecule has 1 fully saturated rings. The summed E-state index contributed by atoms with van der Waals surface area (Å²) in [5.74, 6) is 2.78. The van der Waals surface area contributed by atoms with E-state index < -0.39 is 0 Å². The lowest BCUT2D eigenvalue weighted by molar-refractivity contribution is 0.387. The van der Waals surface area contributed by atoms with Crippen LogP contribution in [-0.4, -0.2) is 26.7 Å². The van der Waals surface area contributed by atoms with Crippen molar-refractivity contribution >= 4 is 11.4 Å². The SMILES string of the molecule is CN1CC(=C2NCCN2)Oc2ccc(N)cc21. The van der Waals surface area contributed by atoms with Crippen LogP contribution in [0.5, 0.6) is 5.75 Å². The summed E-state index contributed by atoms with van der Waals surface area (Å²) >= 11 is 0.